The van der Waals surface area contributed by atoms with Crippen LogP contribution in [0.15, 0.2) is 36.4 Å². The number of hydrogen-bond acceptors (Lipinski definition) is 3. The van der Waals surface area contributed by atoms with Gasteiger partial charge in [-0.25, -0.2) is 0 Å². The second-order valence-electron chi connectivity index (χ2n) is 4.96. The minimum atomic E-state index is 0.152. The molecule has 106 valence electrons. The SMILES string of the molecule is Cc1ccc(CN(C)C(=O)CCc2ccccc2N)s1. The Kier molecular flexibility index (Phi) is 4.79. The van der Waals surface area contributed by atoms with Crippen LogP contribution in [0.1, 0.15) is 21.7 Å². The van der Waals surface area contributed by atoms with E-state index < -0.39 is 0 Å². The Labute approximate surface area is 124 Å². The van der Waals surface area contributed by atoms with E-state index in [-0.39, 0.29) is 5.91 Å². The van der Waals surface area contributed by atoms with Gasteiger partial charge in [-0.05, 0) is 37.1 Å². The monoisotopic (exact) mass is 288 g/mol. The maximum absolute atomic E-state index is 12.1. The fraction of sp³-hybridized carbons (Fsp3) is 0.312. The van der Waals surface area contributed by atoms with Crippen LogP contribution in [0.3, 0.4) is 0 Å². The summed E-state index contributed by atoms with van der Waals surface area (Å²) >= 11 is 1.74. The third-order valence-electron chi connectivity index (χ3n) is 3.28. The number of nitrogen functional groups attached to an aromatic ring is 1. The molecular formula is C16H20N2OS. The van der Waals surface area contributed by atoms with Gasteiger partial charge in [0.15, 0.2) is 0 Å². The lowest BCUT2D eigenvalue weighted by Gasteiger charge is -2.16. The first-order valence-electron chi connectivity index (χ1n) is 6.69. The number of benzene rings is 1. The lowest BCUT2D eigenvalue weighted by molar-refractivity contribution is -0.130. The number of para-hydroxylation sites is 1. The van der Waals surface area contributed by atoms with Crippen LogP contribution in [0.25, 0.3) is 0 Å². The molecule has 2 aromatic rings. The van der Waals surface area contributed by atoms with E-state index in [9.17, 15) is 4.79 Å². The second kappa shape index (κ2) is 6.57. The number of hydrogen-bond donors (Lipinski definition) is 1. The Bertz CT molecular complexity index is 592. The molecule has 0 bridgehead atoms. The summed E-state index contributed by atoms with van der Waals surface area (Å²) in [7, 11) is 1.85. The van der Waals surface area contributed by atoms with E-state index in [1.165, 1.54) is 9.75 Å². The van der Waals surface area contributed by atoms with Gasteiger partial charge in [-0.3, -0.25) is 4.79 Å². The molecule has 0 radical (unpaired) electrons. The molecule has 2 N–H and O–H groups in total. The fourth-order valence-corrected chi connectivity index (χ4v) is 3.03. The summed E-state index contributed by atoms with van der Waals surface area (Å²) in [6.07, 6.45) is 1.19. The van der Waals surface area contributed by atoms with E-state index >= 15 is 0 Å². The van der Waals surface area contributed by atoms with Crippen molar-refractivity contribution in [1.82, 2.24) is 4.90 Å². The minimum absolute atomic E-state index is 0.152. The topological polar surface area (TPSA) is 46.3 Å². The van der Waals surface area contributed by atoms with Gasteiger partial charge >= 0.3 is 0 Å². The number of nitrogens with zero attached hydrogens (tertiary/aromatic N) is 1. The molecule has 3 nitrogen and oxygen atoms in total. The van der Waals surface area contributed by atoms with Crippen LogP contribution in [0, 0.1) is 6.92 Å². The number of aryl methyl sites for hydroxylation is 2. The van der Waals surface area contributed by atoms with Crippen LogP contribution in [0.5, 0.6) is 0 Å². The van der Waals surface area contributed by atoms with Gasteiger partial charge in [0.2, 0.25) is 5.91 Å². The molecule has 0 aliphatic carbocycles. The molecular weight excluding hydrogens is 268 g/mol. The molecule has 0 aliphatic heterocycles. The molecule has 0 spiro atoms. The third-order valence-corrected chi connectivity index (χ3v) is 4.26. The number of nitrogens with two attached hydrogens (primary N) is 1. The van der Waals surface area contributed by atoms with Crippen molar-refractivity contribution in [2.24, 2.45) is 0 Å². The lowest BCUT2D eigenvalue weighted by Crippen LogP contribution is -2.26. The van der Waals surface area contributed by atoms with Crippen molar-refractivity contribution in [1.29, 1.82) is 0 Å². The normalized spacial score (nSPS) is 10.5. The molecule has 1 aromatic heterocycles. The van der Waals surface area contributed by atoms with E-state index in [4.69, 9.17) is 5.73 Å². The average Bonchev–Trinajstić information content (AvgIpc) is 2.82. The summed E-state index contributed by atoms with van der Waals surface area (Å²) in [5.74, 6) is 0.152. The highest BCUT2D eigenvalue weighted by Gasteiger charge is 2.11. The quantitative estimate of drug-likeness (QED) is 0.859. The number of amides is 1. The zero-order valence-corrected chi connectivity index (χ0v) is 12.7. The van der Waals surface area contributed by atoms with Gasteiger partial charge in [-0.15, -0.1) is 11.3 Å². The van der Waals surface area contributed by atoms with Crippen molar-refractivity contribution in [2.75, 3.05) is 12.8 Å². The molecule has 20 heavy (non-hydrogen) atoms. The van der Waals surface area contributed by atoms with Gasteiger partial charge in [0.05, 0.1) is 6.54 Å². The molecule has 1 aromatic carbocycles. The van der Waals surface area contributed by atoms with Crippen molar-refractivity contribution in [3.63, 3.8) is 0 Å². The van der Waals surface area contributed by atoms with E-state index in [0.29, 0.717) is 19.4 Å². The third kappa shape index (κ3) is 3.84. The number of carbonyl (C=O) groups is 1. The number of thiophene rings is 1. The second-order valence-corrected chi connectivity index (χ2v) is 6.33. The molecule has 0 fully saturated rings. The molecule has 0 atom stereocenters. The van der Waals surface area contributed by atoms with Crippen LogP contribution in [0.2, 0.25) is 0 Å². The van der Waals surface area contributed by atoms with Crippen LogP contribution in [-0.2, 0) is 17.8 Å². The largest absolute Gasteiger partial charge is 0.399 e. The highest BCUT2D eigenvalue weighted by atomic mass is 32.1. The first-order chi connectivity index (χ1) is 9.56. The van der Waals surface area contributed by atoms with Gasteiger partial charge in [-0.1, -0.05) is 18.2 Å². The molecule has 4 heteroatoms. The molecule has 1 heterocycles. The molecule has 0 aliphatic rings. The van der Waals surface area contributed by atoms with Gasteiger partial charge in [0, 0.05) is 28.9 Å². The summed E-state index contributed by atoms with van der Waals surface area (Å²) in [5, 5.41) is 0. The van der Waals surface area contributed by atoms with Gasteiger partial charge < -0.3 is 10.6 Å². The van der Waals surface area contributed by atoms with Crippen LogP contribution >= 0.6 is 11.3 Å². The van der Waals surface area contributed by atoms with Crippen LogP contribution in [-0.4, -0.2) is 17.9 Å². The molecule has 0 saturated carbocycles. The predicted molar refractivity (Wildman–Crippen MR) is 84.7 cm³/mol. The Hall–Kier alpha value is -1.81. The summed E-state index contributed by atoms with van der Waals surface area (Å²) in [6, 6.07) is 11.9. The standard InChI is InChI=1S/C16H20N2OS/c1-12-7-9-14(20-12)11-18(2)16(19)10-8-13-5-3-4-6-15(13)17/h3-7,9H,8,10-11,17H2,1-2H3. The van der Waals surface area contributed by atoms with Crippen LogP contribution < -0.4 is 5.73 Å². The first kappa shape index (κ1) is 14.6. The summed E-state index contributed by atoms with van der Waals surface area (Å²) in [6.45, 7) is 2.76. The van der Waals surface area contributed by atoms with Crippen molar-refractivity contribution in [3.8, 4) is 0 Å². The number of carbonyl (C=O) groups excluding carboxylic acids is 1. The van der Waals surface area contributed by atoms with E-state index in [1.807, 2.05) is 31.3 Å². The number of rotatable bonds is 5. The van der Waals surface area contributed by atoms with Gasteiger partial charge in [0.1, 0.15) is 0 Å². The summed E-state index contributed by atoms with van der Waals surface area (Å²) < 4.78 is 0. The maximum atomic E-state index is 12.1. The van der Waals surface area contributed by atoms with Crippen molar-refractivity contribution in [2.45, 2.75) is 26.3 Å². The Balaban J connectivity index is 1.87. The van der Waals surface area contributed by atoms with Crippen molar-refractivity contribution in [3.05, 3.63) is 51.7 Å². The Morgan fingerprint density at radius 3 is 2.65 bits per heavy atom. The van der Waals surface area contributed by atoms with Gasteiger partial charge in [-0.2, -0.15) is 0 Å². The molecule has 1 amide bonds. The number of anilines is 1. The minimum Gasteiger partial charge on any atom is -0.399 e. The highest BCUT2D eigenvalue weighted by Crippen LogP contribution is 2.18. The van der Waals surface area contributed by atoms with Crippen molar-refractivity contribution >= 4 is 22.9 Å². The first-order valence-corrected chi connectivity index (χ1v) is 7.50. The summed E-state index contributed by atoms with van der Waals surface area (Å²) in [4.78, 5) is 16.4. The zero-order valence-electron chi connectivity index (χ0n) is 11.9. The highest BCUT2D eigenvalue weighted by molar-refractivity contribution is 7.11. The maximum Gasteiger partial charge on any atom is 0.222 e. The van der Waals surface area contributed by atoms with Gasteiger partial charge in [0.25, 0.3) is 0 Å². The van der Waals surface area contributed by atoms with Crippen molar-refractivity contribution < 1.29 is 4.79 Å². The Morgan fingerprint density at radius 1 is 1.25 bits per heavy atom. The fourth-order valence-electron chi connectivity index (χ4n) is 2.09. The smallest absolute Gasteiger partial charge is 0.222 e. The lowest BCUT2D eigenvalue weighted by atomic mass is 10.1. The predicted octanol–water partition coefficient (Wildman–Crippen LogP) is 3.23. The van der Waals surface area contributed by atoms with E-state index in [1.54, 1.807) is 16.2 Å². The summed E-state index contributed by atoms with van der Waals surface area (Å²) in [5.41, 5.74) is 7.69. The molecule has 0 unspecified atom stereocenters. The zero-order chi connectivity index (χ0) is 14.5. The molecule has 0 saturated heterocycles. The average molecular weight is 288 g/mol. The van der Waals surface area contributed by atoms with E-state index in [2.05, 4.69) is 19.1 Å². The van der Waals surface area contributed by atoms with Crippen LogP contribution in [0.4, 0.5) is 5.69 Å². The molecule has 2 rings (SSSR count). The van der Waals surface area contributed by atoms with E-state index in [0.717, 1.165) is 11.3 Å². The Morgan fingerprint density at radius 2 is 2.00 bits per heavy atom.